The van der Waals surface area contributed by atoms with Gasteiger partial charge in [-0.15, -0.1) is 0 Å². The van der Waals surface area contributed by atoms with E-state index in [4.69, 9.17) is 14.0 Å². The van der Waals surface area contributed by atoms with E-state index in [-0.39, 0.29) is 19.2 Å². The molecule has 5 aromatic rings. The van der Waals surface area contributed by atoms with Crippen molar-refractivity contribution in [1.29, 1.82) is 0 Å². The summed E-state index contributed by atoms with van der Waals surface area (Å²) < 4.78 is 18.6. The normalized spacial score (nSPS) is 12.2. The number of ether oxygens (including phenoxy) is 2. The molecule has 0 aliphatic heterocycles. The third kappa shape index (κ3) is 6.74. The fraction of sp³-hybridized carbons (Fsp3) is 0.312. The highest BCUT2D eigenvalue weighted by molar-refractivity contribution is 6.07. The van der Waals surface area contributed by atoms with Crippen LogP contribution in [0, 0.1) is 0 Å². The number of methoxy groups -OCH3 is 1. The standard InChI is InChI=1S/C32H35N3O4/c1-37-32(36)29(33-21-24-12-4-2-5-13-24)23-38-22-26-20-25(34-39-26)14-6-3-11-19-35-30-17-9-7-15-27(30)28-16-8-10-18-31(28)35/h2,4-5,7-10,12-13,15-18,20,29,33H,3,6,11,14,19,21-23H2,1H3/t29-/m0/s1. The summed E-state index contributed by atoms with van der Waals surface area (Å²) in [6.45, 7) is 1.97. The zero-order valence-electron chi connectivity index (χ0n) is 22.3. The van der Waals surface area contributed by atoms with Crippen molar-refractivity contribution in [3.8, 4) is 0 Å². The van der Waals surface area contributed by atoms with Gasteiger partial charge in [0.1, 0.15) is 12.6 Å². The minimum atomic E-state index is -0.563. The summed E-state index contributed by atoms with van der Waals surface area (Å²) >= 11 is 0. The number of rotatable bonds is 14. The Kier molecular flexibility index (Phi) is 9.04. The van der Waals surface area contributed by atoms with Gasteiger partial charge >= 0.3 is 5.97 Å². The zero-order chi connectivity index (χ0) is 26.9. The van der Waals surface area contributed by atoms with E-state index < -0.39 is 6.04 Å². The summed E-state index contributed by atoms with van der Waals surface area (Å²) in [6.07, 6.45) is 4.10. The molecule has 3 aromatic carbocycles. The number of nitrogens with one attached hydrogen (secondary N) is 1. The SMILES string of the molecule is COC(=O)[C@H](COCc1cc(CCCCCn2c3ccccc3c3ccccc32)no1)NCc1ccccc1. The maximum Gasteiger partial charge on any atom is 0.325 e. The van der Waals surface area contributed by atoms with Crippen molar-refractivity contribution in [2.24, 2.45) is 0 Å². The number of aromatic nitrogens is 2. The number of fused-ring (bicyclic) bond motifs is 3. The van der Waals surface area contributed by atoms with Crippen LogP contribution in [0.2, 0.25) is 0 Å². The molecule has 7 nitrogen and oxygen atoms in total. The second-order valence-electron chi connectivity index (χ2n) is 9.74. The minimum absolute atomic E-state index is 0.179. The number of esters is 1. The Morgan fingerprint density at radius 3 is 2.33 bits per heavy atom. The van der Waals surface area contributed by atoms with Crippen LogP contribution in [0.3, 0.4) is 0 Å². The van der Waals surface area contributed by atoms with Crippen LogP contribution in [0.5, 0.6) is 0 Å². The van der Waals surface area contributed by atoms with E-state index in [1.165, 1.54) is 28.9 Å². The summed E-state index contributed by atoms with van der Waals surface area (Å²) in [6, 6.07) is 28.5. The van der Waals surface area contributed by atoms with Gasteiger partial charge in [-0.05, 0) is 37.0 Å². The van der Waals surface area contributed by atoms with Crippen molar-refractivity contribution in [3.63, 3.8) is 0 Å². The third-order valence-corrected chi connectivity index (χ3v) is 7.01. The van der Waals surface area contributed by atoms with Crippen LogP contribution >= 0.6 is 0 Å². The summed E-state index contributed by atoms with van der Waals surface area (Å²) in [5.41, 5.74) is 4.60. The van der Waals surface area contributed by atoms with Crippen molar-refractivity contribution in [3.05, 3.63) is 102 Å². The van der Waals surface area contributed by atoms with Crippen molar-refractivity contribution in [1.82, 2.24) is 15.0 Å². The van der Waals surface area contributed by atoms with E-state index in [0.29, 0.717) is 12.3 Å². The Hall–Kier alpha value is -3.94. The van der Waals surface area contributed by atoms with Gasteiger partial charge in [-0.1, -0.05) is 78.3 Å². The first kappa shape index (κ1) is 26.7. The number of hydrogen-bond donors (Lipinski definition) is 1. The maximum atomic E-state index is 12.2. The number of nitrogens with zero attached hydrogens (tertiary/aromatic N) is 2. The van der Waals surface area contributed by atoms with E-state index in [2.05, 4.69) is 63.6 Å². The van der Waals surface area contributed by atoms with E-state index in [9.17, 15) is 4.79 Å². The summed E-state index contributed by atoms with van der Waals surface area (Å²) in [7, 11) is 1.38. The van der Waals surface area contributed by atoms with Gasteiger partial charge in [-0.25, -0.2) is 0 Å². The van der Waals surface area contributed by atoms with Gasteiger partial charge in [0, 0.05) is 41.0 Å². The summed E-state index contributed by atoms with van der Waals surface area (Å²) in [4.78, 5) is 12.2. The molecule has 0 aliphatic carbocycles. The van der Waals surface area contributed by atoms with E-state index in [0.717, 1.165) is 43.5 Å². The molecule has 0 saturated heterocycles. The van der Waals surface area contributed by atoms with Gasteiger partial charge in [-0.2, -0.15) is 0 Å². The highest BCUT2D eigenvalue weighted by Crippen LogP contribution is 2.29. The number of carbonyl (C=O) groups excluding carboxylic acids is 1. The number of aryl methyl sites for hydroxylation is 2. The van der Waals surface area contributed by atoms with Gasteiger partial charge in [0.05, 0.1) is 19.4 Å². The Balaban J connectivity index is 1.05. The molecule has 0 spiro atoms. The molecule has 1 N–H and O–H groups in total. The largest absolute Gasteiger partial charge is 0.468 e. The predicted octanol–water partition coefficient (Wildman–Crippen LogP) is 6.04. The molecule has 1 atom stereocenters. The molecule has 0 bridgehead atoms. The minimum Gasteiger partial charge on any atom is -0.468 e. The molecule has 39 heavy (non-hydrogen) atoms. The summed E-state index contributed by atoms with van der Waals surface area (Å²) in [5, 5.41) is 10.0. The van der Waals surface area contributed by atoms with E-state index in [1.807, 2.05) is 36.4 Å². The number of carbonyl (C=O) groups is 1. The quantitative estimate of drug-likeness (QED) is 0.141. The fourth-order valence-electron chi connectivity index (χ4n) is 5.01. The number of unbranched alkanes of at least 4 members (excludes halogenated alkanes) is 2. The van der Waals surface area contributed by atoms with Crippen LogP contribution in [0.15, 0.2) is 89.5 Å². The van der Waals surface area contributed by atoms with Crippen LogP contribution < -0.4 is 5.32 Å². The molecule has 0 unspecified atom stereocenters. The smallest absolute Gasteiger partial charge is 0.325 e. The van der Waals surface area contributed by atoms with Gasteiger partial charge < -0.3 is 18.6 Å². The topological polar surface area (TPSA) is 78.5 Å². The second kappa shape index (κ2) is 13.2. The molecule has 0 radical (unpaired) electrons. The van der Waals surface area contributed by atoms with Gasteiger partial charge in [-0.3, -0.25) is 10.1 Å². The van der Waals surface area contributed by atoms with Crippen molar-refractivity contribution < 1.29 is 18.8 Å². The van der Waals surface area contributed by atoms with Crippen molar-refractivity contribution in [2.75, 3.05) is 13.7 Å². The molecular formula is C32H35N3O4. The number of para-hydroxylation sites is 2. The van der Waals surface area contributed by atoms with Crippen LogP contribution in [-0.4, -0.2) is 35.5 Å². The Bertz CT molecular complexity index is 1440. The molecular weight excluding hydrogens is 490 g/mol. The Morgan fingerprint density at radius 2 is 1.62 bits per heavy atom. The highest BCUT2D eigenvalue weighted by atomic mass is 16.5. The van der Waals surface area contributed by atoms with Crippen LogP contribution in [0.1, 0.15) is 36.3 Å². The predicted molar refractivity (Wildman–Crippen MR) is 152 cm³/mol. The fourth-order valence-corrected chi connectivity index (χ4v) is 5.01. The van der Waals surface area contributed by atoms with Gasteiger partial charge in [0.25, 0.3) is 0 Å². The molecule has 7 heteroatoms. The molecule has 202 valence electrons. The molecule has 0 fully saturated rings. The monoisotopic (exact) mass is 525 g/mol. The zero-order valence-corrected chi connectivity index (χ0v) is 22.3. The lowest BCUT2D eigenvalue weighted by Gasteiger charge is -2.16. The molecule has 0 amide bonds. The first-order valence-corrected chi connectivity index (χ1v) is 13.6. The first-order chi connectivity index (χ1) is 19.2. The van der Waals surface area contributed by atoms with Crippen LogP contribution in [-0.2, 0) is 40.4 Å². The van der Waals surface area contributed by atoms with Gasteiger partial charge in [0.2, 0.25) is 0 Å². The molecule has 2 aromatic heterocycles. The van der Waals surface area contributed by atoms with Crippen molar-refractivity contribution in [2.45, 2.75) is 51.4 Å². The molecule has 2 heterocycles. The highest BCUT2D eigenvalue weighted by Gasteiger charge is 2.19. The number of benzene rings is 3. The molecule has 0 saturated carbocycles. The van der Waals surface area contributed by atoms with E-state index >= 15 is 0 Å². The average molecular weight is 526 g/mol. The third-order valence-electron chi connectivity index (χ3n) is 7.01. The lowest BCUT2D eigenvalue weighted by molar-refractivity contribution is -0.145. The lowest BCUT2D eigenvalue weighted by atomic mass is 10.1. The molecule has 0 aliphatic rings. The van der Waals surface area contributed by atoms with Gasteiger partial charge in [0.15, 0.2) is 5.76 Å². The Labute approximate surface area is 228 Å². The van der Waals surface area contributed by atoms with Crippen LogP contribution in [0.4, 0.5) is 0 Å². The lowest BCUT2D eigenvalue weighted by Crippen LogP contribution is -2.41. The average Bonchev–Trinajstić information content (AvgIpc) is 3.57. The second-order valence-corrected chi connectivity index (χ2v) is 9.74. The maximum absolute atomic E-state index is 12.2. The van der Waals surface area contributed by atoms with E-state index in [1.54, 1.807) is 0 Å². The Morgan fingerprint density at radius 1 is 0.923 bits per heavy atom. The van der Waals surface area contributed by atoms with Crippen molar-refractivity contribution >= 4 is 27.8 Å². The summed E-state index contributed by atoms with van der Waals surface area (Å²) in [5.74, 6) is 0.298. The van der Waals surface area contributed by atoms with Crippen LogP contribution in [0.25, 0.3) is 21.8 Å². The molecule has 5 rings (SSSR count). The number of hydrogen-bond acceptors (Lipinski definition) is 6. The first-order valence-electron chi connectivity index (χ1n) is 13.6.